The van der Waals surface area contributed by atoms with Crippen molar-refractivity contribution in [1.29, 1.82) is 0 Å². The van der Waals surface area contributed by atoms with Gasteiger partial charge in [-0.15, -0.1) is 0 Å². The van der Waals surface area contributed by atoms with Crippen LogP contribution in [0.4, 0.5) is 0 Å². The van der Waals surface area contributed by atoms with E-state index < -0.39 is 0 Å². The molecule has 1 saturated heterocycles. The maximum atomic E-state index is 5.22. The van der Waals surface area contributed by atoms with E-state index in [-0.39, 0.29) is 0 Å². The molecule has 0 saturated carbocycles. The lowest BCUT2D eigenvalue weighted by molar-refractivity contribution is 0.119. The molecular weight excluding hydrogens is 240 g/mol. The molecule has 1 fully saturated rings. The summed E-state index contributed by atoms with van der Waals surface area (Å²) in [4.78, 5) is 2.51. The molecule has 0 aliphatic carbocycles. The van der Waals surface area contributed by atoms with Gasteiger partial charge in [-0.3, -0.25) is 4.90 Å². The molecule has 0 aromatic heterocycles. The third-order valence-electron chi connectivity index (χ3n) is 4.09. The number of nitrogens with zero attached hydrogens (tertiary/aromatic N) is 1. The largest absolute Gasteiger partial charge is 0.385 e. The van der Waals surface area contributed by atoms with E-state index in [1.54, 1.807) is 14.2 Å². The zero-order chi connectivity index (χ0) is 13.9. The molecule has 2 atom stereocenters. The lowest BCUT2D eigenvalue weighted by Gasteiger charge is -2.34. The van der Waals surface area contributed by atoms with Crippen molar-refractivity contribution in [1.82, 2.24) is 10.2 Å². The average molecular weight is 272 g/mol. The molecule has 0 aromatic rings. The molecule has 4 heteroatoms. The number of rotatable bonds is 10. The van der Waals surface area contributed by atoms with Crippen molar-refractivity contribution in [3.8, 4) is 0 Å². The second kappa shape index (κ2) is 10.6. The van der Waals surface area contributed by atoms with Gasteiger partial charge in [0.1, 0.15) is 0 Å². The van der Waals surface area contributed by atoms with Gasteiger partial charge in [-0.1, -0.05) is 13.3 Å². The fraction of sp³-hybridized carbons (Fsp3) is 1.00. The van der Waals surface area contributed by atoms with Gasteiger partial charge in [-0.05, 0) is 31.7 Å². The minimum atomic E-state index is 0.651. The van der Waals surface area contributed by atoms with Crippen molar-refractivity contribution < 1.29 is 9.47 Å². The van der Waals surface area contributed by atoms with Gasteiger partial charge in [-0.2, -0.15) is 0 Å². The molecule has 0 spiro atoms. The van der Waals surface area contributed by atoms with Gasteiger partial charge in [0, 0.05) is 46.5 Å². The summed E-state index contributed by atoms with van der Waals surface area (Å²) in [5, 5.41) is 3.67. The van der Waals surface area contributed by atoms with Gasteiger partial charge in [0.25, 0.3) is 0 Å². The number of methoxy groups -OCH3 is 2. The smallest absolute Gasteiger partial charge is 0.0589 e. The molecule has 1 rings (SSSR count). The molecule has 2 unspecified atom stereocenters. The molecule has 114 valence electrons. The number of ether oxygens (including phenoxy) is 2. The molecule has 1 heterocycles. The Hall–Kier alpha value is -0.160. The number of nitrogens with one attached hydrogen (secondary N) is 1. The standard InChI is InChI=1S/C15H32N2O2/c1-4-14-6-7-16-15(12-14)13-17(9-11-19-3)8-5-10-18-2/h14-16H,4-13H2,1-3H3. The van der Waals surface area contributed by atoms with Gasteiger partial charge in [0.15, 0.2) is 0 Å². The first-order valence-electron chi connectivity index (χ1n) is 7.73. The highest BCUT2D eigenvalue weighted by Crippen LogP contribution is 2.19. The second-order valence-electron chi connectivity index (χ2n) is 5.59. The Morgan fingerprint density at radius 1 is 1.16 bits per heavy atom. The molecule has 1 N–H and O–H groups in total. The fourth-order valence-electron chi connectivity index (χ4n) is 2.86. The SMILES string of the molecule is CCC1CCNC(CN(CCCOC)CCOC)C1. The third-order valence-corrected chi connectivity index (χ3v) is 4.09. The summed E-state index contributed by atoms with van der Waals surface area (Å²) in [5.41, 5.74) is 0. The summed E-state index contributed by atoms with van der Waals surface area (Å²) >= 11 is 0. The van der Waals surface area contributed by atoms with E-state index >= 15 is 0 Å². The van der Waals surface area contributed by atoms with Crippen LogP contribution in [0.15, 0.2) is 0 Å². The molecular formula is C15H32N2O2. The van der Waals surface area contributed by atoms with E-state index in [1.165, 1.54) is 25.8 Å². The van der Waals surface area contributed by atoms with Crippen LogP contribution in [0.1, 0.15) is 32.6 Å². The van der Waals surface area contributed by atoms with Crippen molar-refractivity contribution in [2.24, 2.45) is 5.92 Å². The van der Waals surface area contributed by atoms with E-state index in [0.717, 1.165) is 45.2 Å². The maximum absolute atomic E-state index is 5.22. The van der Waals surface area contributed by atoms with Gasteiger partial charge in [0.2, 0.25) is 0 Å². The Balaban J connectivity index is 2.32. The summed E-state index contributed by atoms with van der Waals surface area (Å²) in [7, 11) is 3.55. The van der Waals surface area contributed by atoms with Crippen LogP contribution in [0.3, 0.4) is 0 Å². The van der Waals surface area contributed by atoms with Gasteiger partial charge < -0.3 is 14.8 Å². The molecule has 4 nitrogen and oxygen atoms in total. The average Bonchev–Trinajstić information content (AvgIpc) is 2.45. The first kappa shape index (κ1) is 16.9. The first-order chi connectivity index (χ1) is 9.30. The van der Waals surface area contributed by atoms with Crippen LogP contribution in [-0.4, -0.2) is 64.6 Å². The first-order valence-corrected chi connectivity index (χ1v) is 7.73. The third kappa shape index (κ3) is 7.25. The summed E-state index contributed by atoms with van der Waals surface area (Å²) in [6, 6.07) is 0.651. The van der Waals surface area contributed by atoms with Crippen LogP contribution < -0.4 is 5.32 Å². The molecule has 0 radical (unpaired) electrons. The van der Waals surface area contributed by atoms with Crippen LogP contribution in [0.25, 0.3) is 0 Å². The van der Waals surface area contributed by atoms with Crippen LogP contribution in [0, 0.1) is 5.92 Å². The van der Waals surface area contributed by atoms with E-state index in [1.807, 2.05) is 0 Å². The number of piperidine rings is 1. The predicted molar refractivity (Wildman–Crippen MR) is 79.6 cm³/mol. The van der Waals surface area contributed by atoms with Gasteiger partial charge in [0.05, 0.1) is 6.61 Å². The highest BCUT2D eigenvalue weighted by atomic mass is 16.5. The van der Waals surface area contributed by atoms with Crippen molar-refractivity contribution >= 4 is 0 Å². The Kier molecular flexibility index (Phi) is 9.43. The normalized spacial score (nSPS) is 24.0. The molecule has 0 aromatic carbocycles. The van der Waals surface area contributed by atoms with E-state index in [0.29, 0.717) is 6.04 Å². The summed E-state index contributed by atoms with van der Waals surface area (Å²) in [6.07, 6.45) is 5.09. The molecule has 1 aliphatic rings. The van der Waals surface area contributed by atoms with Crippen molar-refractivity contribution in [2.75, 3.05) is 53.6 Å². The van der Waals surface area contributed by atoms with Crippen molar-refractivity contribution in [3.05, 3.63) is 0 Å². The van der Waals surface area contributed by atoms with E-state index in [2.05, 4.69) is 17.1 Å². The molecule has 1 aliphatic heterocycles. The van der Waals surface area contributed by atoms with Crippen molar-refractivity contribution in [3.63, 3.8) is 0 Å². The summed E-state index contributed by atoms with van der Waals surface area (Å²) in [6.45, 7) is 8.43. The molecule has 19 heavy (non-hydrogen) atoms. The van der Waals surface area contributed by atoms with E-state index in [4.69, 9.17) is 9.47 Å². The molecule has 0 amide bonds. The van der Waals surface area contributed by atoms with Crippen LogP contribution >= 0.6 is 0 Å². The van der Waals surface area contributed by atoms with Gasteiger partial charge >= 0.3 is 0 Å². The lowest BCUT2D eigenvalue weighted by Crippen LogP contribution is -2.47. The predicted octanol–water partition coefficient (Wildman–Crippen LogP) is 1.75. The zero-order valence-electron chi connectivity index (χ0n) is 13.0. The van der Waals surface area contributed by atoms with Crippen LogP contribution in [0.2, 0.25) is 0 Å². The summed E-state index contributed by atoms with van der Waals surface area (Å²) in [5.74, 6) is 0.912. The monoisotopic (exact) mass is 272 g/mol. The minimum Gasteiger partial charge on any atom is -0.385 e. The Bertz CT molecular complexity index is 214. The highest BCUT2D eigenvalue weighted by molar-refractivity contribution is 4.80. The Morgan fingerprint density at radius 2 is 1.95 bits per heavy atom. The Labute approximate surface area is 118 Å². The maximum Gasteiger partial charge on any atom is 0.0589 e. The van der Waals surface area contributed by atoms with Crippen LogP contribution in [0.5, 0.6) is 0 Å². The number of hydrogen-bond donors (Lipinski definition) is 1. The number of hydrogen-bond acceptors (Lipinski definition) is 4. The lowest BCUT2D eigenvalue weighted by atomic mass is 9.90. The van der Waals surface area contributed by atoms with Crippen molar-refractivity contribution in [2.45, 2.75) is 38.6 Å². The second-order valence-corrected chi connectivity index (χ2v) is 5.59. The zero-order valence-corrected chi connectivity index (χ0v) is 13.0. The fourth-order valence-corrected chi connectivity index (χ4v) is 2.86. The molecule has 0 bridgehead atoms. The quantitative estimate of drug-likeness (QED) is 0.614. The minimum absolute atomic E-state index is 0.651. The topological polar surface area (TPSA) is 33.7 Å². The Morgan fingerprint density at radius 3 is 2.63 bits per heavy atom. The van der Waals surface area contributed by atoms with Gasteiger partial charge in [-0.25, -0.2) is 0 Å². The summed E-state index contributed by atoms with van der Waals surface area (Å²) < 4.78 is 10.4. The van der Waals surface area contributed by atoms with Crippen LogP contribution in [-0.2, 0) is 9.47 Å². The highest BCUT2D eigenvalue weighted by Gasteiger charge is 2.21. The van der Waals surface area contributed by atoms with E-state index in [9.17, 15) is 0 Å².